The van der Waals surface area contributed by atoms with E-state index >= 15 is 0 Å². The molecule has 32 heavy (non-hydrogen) atoms. The zero-order valence-electron chi connectivity index (χ0n) is 17.4. The van der Waals surface area contributed by atoms with Gasteiger partial charge in [0.05, 0.1) is 25.7 Å². The predicted molar refractivity (Wildman–Crippen MR) is 116 cm³/mol. The van der Waals surface area contributed by atoms with Crippen molar-refractivity contribution in [3.05, 3.63) is 60.7 Å². The Bertz CT molecular complexity index is 1010. The quantitative estimate of drug-likeness (QED) is 0.211. The Labute approximate surface area is 187 Å². The monoisotopic (exact) mass is 509 g/mol. The summed E-state index contributed by atoms with van der Waals surface area (Å²) >= 11 is 0. The summed E-state index contributed by atoms with van der Waals surface area (Å²) in [4.78, 5) is 0. The van der Waals surface area contributed by atoms with Crippen molar-refractivity contribution in [3.8, 4) is 11.5 Å². The third-order valence-electron chi connectivity index (χ3n) is 3.41. The fourth-order valence-corrected chi connectivity index (χ4v) is 4.25. The van der Waals surface area contributed by atoms with Gasteiger partial charge in [-0.15, -0.1) is 0 Å². The lowest BCUT2D eigenvalue weighted by Crippen LogP contribution is -2.32. The molecular weight excluding hydrogens is 485 g/mol. The van der Waals surface area contributed by atoms with Crippen molar-refractivity contribution in [1.29, 1.82) is 0 Å². The van der Waals surface area contributed by atoms with Crippen LogP contribution in [-0.4, -0.2) is 60.7 Å². The second-order valence-electron chi connectivity index (χ2n) is 6.32. The minimum Gasteiger partial charge on any atom is -0.394 e. The first-order valence-corrected chi connectivity index (χ1v) is 14.3. The van der Waals surface area contributed by atoms with Crippen molar-refractivity contribution >= 4 is 28.1 Å². The van der Waals surface area contributed by atoms with Gasteiger partial charge in [-0.05, 0) is 24.3 Å². The number of phosphoric ester groups is 1. The number of hydroxylamine groups is 2. The Balaban J connectivity index is 2.21. The van der Waals surface area contributed by atoms with Gasteiger partial charge in [-0.3, -0.25) is 8.37 Å². The molecule has 0 atom stereocenters. The van der Waals surface area contributed by atoms with Crippen LogP contribution in [0.1, 0.15) is 0 Å². The third kappa shape index (κ3) is 11.0. The number of phosphoric acid groups is 1. The van der Waals surface area contributed by atoms with Crippen molar-refractivity contribution in [2.45, 2.75) is 0 Å². The van der Waals surface area contributed by atoms with Gasteiger partial charge in [-0.25, -0.2) is 4.57 Å². The van der Waals surface area contributed by atoms with Crippen LogP contribution < -0.4 is 9.05 Å². The summed E-state index contributed by atoms with van der Waals surface area (Å²) in [5.74, 6) is 0.373. The summed E-state index contributed by atoms with van der Waals surface area (Å²) in [6.45, 7) is -1.18. The summed E-state index contributed by atoms with van der Waals surface area (Å²) in [6, 6.07) is 16.2. The van der Waals surface area contributed by atoms with Gasteiger partial charge in [0, 0.05) is 13.1 Å². The minimum absolute atomic E-state index is 0.187. The standard InChI is InChI=1S/C18H24NO10PS2/c1-31(21,22)25-15-13-19(14-16-26-32(2,23)24)29-30(20,27-17-9-5-3-6-10-17)28-18-11-7-4-8-12-18/h3-12H,13-16H2,1-2H3. The van der Waals surface area contributed by atoms with Gasteiger partial charge in [0.1, 0.15) is 11.5 Å². The van der Waals surface area contributed by atoms with Crippen LogP contribution in [0.15, 0.2) is 60.7 Å². The van der Waals surface area contributed by atoms with E-state index in [0.29, 0.717) is 0 Å². The number of hydrogen-bond donors (Lipinski definition) is 0. The number of benzene rings is 2. The predicted octanol–water partition coefficient (Wildman–Crippen LogP) is 2.44. The Kier molecular flexibility index (Phi) is 9.64. The van der Waals surface area contributed by atoms with Gasteiger partial charge in [-0.1, -0.05) is 36.4 Å². The first-order chi connectivity index (χ1) is 14.9. The van der Waals surface area contributed by atoms with Crippen LogP contribution in [0.25, 0.3) is 0 Å². The Morgan fingerprint density at radius 2 is 1.09 bits per heavy atom. The van der Waals surface area contributed by atoms with E-state index < -0.39 is 28.1 Å². The molecule has 14 heteroatoms. The zero-order valence-corrected chi connectivity index (χ0v) is 19.9. The van der Waals surface area contributed by atoms with Crippen LogP contribution in [0.2, 0.25) is 0 Å². The maximum Gasteiger partial charge on any atom is 0.604 e. The van der Waals surface area contributed by atoms with Crippen LogP contribution in [0.4, 0.5) is 0 Å². The summed E-state index contributed by atoms with van der Waals surface area (Å²) in [5, 5.41) is 0.989. The molecule has 0 amide bonds. The first-order valence-electron chi connectivity index (χ1n) is 9.17. The van der Waals surface area contributed by atoms with E-state index in [-0.39, 0.29) is 37.8 Å². The van der Waals surface area contributed by atoms with Gasteiger partial charge in [0.15, 0.2) is 0 Å². The fourth-order valence-electron chi connectivity index (χ4n) is 2.19. The molecule has 178 valence electrons. The third-order valence-corrected chi connectivity index (χ3v) is 5.90. The summed E-state index contributed by atoms with van der Waals surface area (Å²) in [7, 11) is -11.9. The molecule has 0 unspecified atom stereocenters. The second kappa shape index (κ2) is 11.8. The molecule has 11 nitrogen and oxygen atoms in total. The van der Waals surface area contributed by atoms with Crippen LogP contribution in [-0.2, 0) is 37.8 Å². The fraction of sp³-hybridized carbons (Fsp3) is 0.333. The molecule has 0 fully saturated rings. The summed E-state index contributed by atoms with van der Waals surface area (Å²) in [6.07, 6.45) is 1.74. The van der Waals surface area contributed by atoms with Crippen LogP contribution in [0, 0.1) is 0 Å². The molecule has 0 saturated heterocycles. The second-order valence-corrected chi connectivity index (χ2v) is 11.0. The highest BCUT2D eigenvalue weighted by molar-refractivity contribution is 7.86. The van der Waals surface area contributed by atoms with E-state index in [1.165, 1.54) is 24.3 Å². The molecule has 0 aliphatic carbocycles. The van der Waals surface area contributed by atoms with Crippen molar-refractivity contribution < 1.29 is 43.4 Å². The van der Waals surface area contributed by atoms with Crippen LogP contribution in [0.5, 0.6) is 11.5 Å². The molecule has 2 aromatic rings. The van der Waals surface area contributed by atoms with Crippen molar-refractivity contribution in [1.82, 2.24) is 5.06 Å². The minimum atomic E-state index is -4.37. The molecule has 2 rings (SSSR count). The smallest absolute Gasteiger partial charge is 0.394 e. The molecule has 0 N–H and O–H groups in total. The Morgan fingerprint density at radius 3 is 1.44 bits per heavy atom. The lowest BCUT2D eigenvalue weighted by atomic mass is 10.3. The summed E-state index contributed by atoms with van der Waals surface area (Å²) < 4.78 is 84.2. The number of hydrogen-bond acceptors (Lipinski definition) is 11. The molecule has 0 bridgehead atoms. The maximum absolute atomic E-state index is 13.5. The van der Waals surface area contributed by atoms with Gasteiger partial charge in [0.2, 0.25) is 0 Å². The number of para-hydroxylation sites is 2. The summed E-state index contributed by atoms with van der Waals surface area (Å²) in [5.41, 5.74) is 0. The topological polar surface area (TPSA) is 135 Å². The largest absolute Gasteiger partial charge is 0.604 e. The van der Waals surface area contributed by atoms with Crippen LogP contribution in [0.3, 0.4) is 0 Å². The molecule has 0 aliphatic heterocycles. The molecule has 0 aliphatic rings. The van der Waals surface area contributed by atoms with Crippen molar-refractivity contribution in [3.63, 3.8) is 0 Å². The molecular formula is C18H24NO10PS2. The van der Waals surface area contributed by atoms with Gasteiger partial charge >= 0.3 is 7.82 Å². The highest BCUT2D eigenvalue weighted by Gasteiger charge is 2.35. The van der Waals surface area contributed by atoms with E-state index in [1.54, 1.807) is 36.4 Å². The SMILES string of the molecule is CS(=O)(=O)OCCN(CCOS(C)(=O)=O)OP(=O)(Oc1ccccc1)Oc1ccccc1. The van der Waals surface area contributed by atoms with E-state index in [0.717, 1.165) is 17.6 Å². The van der Waals surface area contributed by atoms with E-state index in [4.69, 9.17) is 13.7 Å². The molecule has 0 saturated carbocycles. The Morgan fingerprint density at radius 1 is 0.719 bits per heavy atom. The van der Waals surface area contributed by atoms with Gasteiger partial charge in [-0.2, -0.15) is 26.5 Å². The Hall–Kier alpha value is -1.99. The van der Waals surface area contributed by atoms with Gasteiger partial charge in [0.25, 0.3) is 20.2 Å². The van der Waals surface area contributed by atoms with E-state index in [9.17, 15) is 21.4 Å². The number of rotatable bonds is 14. The van der Waals surface area contributed by atoms with Crippen molar-refractivity contribution in [2.75, 3.05) is 38.8 Å². The first kappa shape index (κ1) is 26.3. The molecule has 2 aromatic carbocycles. The molecule has 0 heterocycles. The molecule has 0 radical (unpaired) electrons. The lowest BCUT2D eigenvalue weighted by Gasteiger charge is -2.26. The van der Waals surface area contributed by atoms with Crippen LogP contribution >= 0.6 is 7.82 Å². The van der Waals surface area contributed by atoms with Crippen molar-refractivity contribution in [2.24, 2.45) is 0 Å². The molecule has 0 aromatic heterocycles. The highest BCUT2D eigenvalue weighted by atomic mass is 32.2. The van der Waals surface area contributed by atoms with Gasteiger partial charge < -0.3 is 9.05 Å². The molecule has 0 spiro atoms. The lowest BCUT2D eigenvalue weighted by molar-refractivity contribution is -0.0879. The highest BCUT2D eigenvalue weighted by Crippen LogP contribution is 2.50. The van der Waals surface area contributed by atoms with E-state index in [1.807, 2.05) is 0 Å². The average molecular weight is 509 g/mol. The average Bonchev–Trinajstić information content (AvgIpc) is 2.67. The zero-order chi connectivity index (χ0) is 23.7. The normalized spacial score (nSPS) is 12.6. The van der Waals surface area contributed by atoms with E-state index in [2.05, 4.69) is 8.37 Å². The number of nitrogens with zero attached hydrogens (tertiary/aromatic N) is 1. The maximum atomic E-state index is 13.5.